The first-order chi connectivity index (χ1) is 19.0. The van der Waals surface area contributed by atoms with Gasteiger partial charge in [0, 0.05) is 11.6 Å². The molecule has 2 aromatic carbocycles. The lowest BCUT2D eigenvalue weighted by Gasteiger charge is -2.45. The highest BCUT2D eigenvalue weighted by Gasteiger charge is 2.51. The third-order valence-corrected chi connectivity index (χ3v) is 6.63. The predicted octanol–water partition coefficient (Wildman–Crippen LogP) is -2.02. The summed E-state index contributed by atoms with van der Waals surface area (Å²) in [4.78, 5) is 0. The SMILES string of the molecule is OCC1OC(OC2C(CO)OC(Oc3c(O)cc(O)cc3C=Cc3ccc(O)cc3)C(O)C2O)C(O)C(O)C1O. The Bertz CT molecular complexity index is 1150. The standard InChI is InChI=1S/C26H32O14/c27-9-16-18(32)19(33)21(35)25(37-16)40-24-17(10-28)38-26(22(36)20(24)34)39-23-12(7-14(30)8-15(23)31)4-1-11-2-5-13(29)6-3-11/h1-8,16-22,24-36H,9-10H2. The van der Waals surface area contributed by atoms with Crippen molar-refractivity contribution in [3.8, 4) is 23.0 Å². The molecule has 2 saturated heterocycles. The zero-order chi connectivity index (χ0) is 29.1. The first-order valence-corrected chi connectivity index (χ1v) is 12.3. The van der Waals surface area contributed by atoms with E-state index in [4.69, 9.17) is 18.9 Å². The highest BCUT2D eigenvalue weighted by molar-refractivity contribution is 5.75. The van der Waals surface area contributed by atoms with Crippen LogP contribution in [0, 0.1) is 0 Å². The number of phenolic OH excluding ortho intramolecular Hbond substituents is 3. The largest absolute Gasteiger partial charge is 0.508 e. The number of rotatable bonds is 8. The zero-order valence-electron chi connectivity index (χ0n) is 20.9. The quantitative estimate of drug-likeness (QED) is 0.155. The lowest BCUT2D eigenvalue weighted by atomic mass is 9.97. The van der Waals surface area contributed by atoms with Gasteiger partial charge in [0.05, 0.1) is 13.2 Å². The maximum atomic E-state index is 10.8. The van der Waals surface area contributed by atoms with Crippen LogP contribution in [0.3, 0.4) is 0 Å². The highest BCUT2D eigenvalue weighted by atomic mass is 16.7. The van der Waals surface area contributed by atoms with E-state index < -0.39 is 80.4 Å². The second-order valence-corrected chi connectivity index (χ2v) is 9.43. The van der Waals surface area contributed by atoms with Crippen molar-refractivity contribution in [3.63, 3.8) is 0 Å². The monoisotopic (exact) mass is 568 g/mol. The zero-order valence-corrected chi connectivity index (χ0v) is 20.9. The van der Waals surface area contributed by atoms with Crippen LogP contribution >= 0.6 is 0 Å². The summed E-state index contributed by atoms with van der Waals surface area (Å²) in [6.07, 6.45) is -13.4. The molecule has 4 rings (SSSR count). The van der Waals surface area contributed by atoms with Crippen molar-refractivity contribution in [1.82, 2.24) is 0 Å². The molecule has 0 spiro atoms. The molecule has 2 aliphatic heterocycles. The molecule has 0 radical (unpaired) electrons. The summed E-state index contributed by atoms with van der Waals surface area (Å²) in [6.45, 7) is -1.50. The van der Waals surface area contributed by atoms with Crippen LogP contribution in [0.15, 0.2) is 36.4 Å². The summed E-state index contributed by atoms with van der Waals surface area (Å²) in [5.41, 5.74) is 0.806. The minimum absolute atomic E-state index is 0.0606. The molecule has 2 heterocycles. The first-order valence-electron chi connectivity index (χ1n) is 12.3. The average molecular weight is 569 g/mol. The van der Waals surface area contributed by atoms with E-state index in [1.807, 2.05) is 0 Å². The Morgan fingerprint density at radius 1 is 0.675 bits per heavy atom. The molecule has 220 valence electrons. The van der Waals surface area contributed by atoms with Gasteiger partial charge >= 0.3 is 0 Å². The van der Waals surface area contributed by atoms with Crippen molar-refractivity contribution in [3.05, 3.63) is 47.5 Å². The molecule has 0 bridgehead atoms. The van der Waals surface area contributed by atoms with E-state index in [0.717, 1.165) is 6.07 Å². The van der Waals surface area contributed by atoms with E-state index in [1.165, 1.54) is 24.3 Å². The summed E-state index contributed by atoms with van der Waals surface area (Å²) in [6, 6.07) is 8.38. The molecule has 0 saturated carbocycles. The molecule has 0 amide bonds. The molecular weight excluding hydrogens is 536 g/mol. The second-order valence-electron chi connectivity index (χ2n) is 9.43. The molecule has 14 nitrogen and oxygen atoms in total. The van der Waals surface area contributed by atoms with E-state index in [-0.39, 0.29) is 22.8 Å². The number of phenols is 3. The van der Waals surface area contributed by atoms with E-state index in [2.05, 4.69) is 0 Å². The maximum absolute atomic E-state index is 10.8. The van der Waals surface area contributed by atoms with Crippen LogP contribution < -0.4 is 4.74 Å². The summed E-state index contributed by atoms with van der Waals surface area (Å²) in [5.74, 6) is -1.02. The van der Waals surface area contributed by atoms with Crippen molar-refractivity contribution in [2.75, 3.05) is 13.2 Å². The predicted molar refractivity (Wildman–Crippen MR) is 134 cm³/mol. The Morgan fingerprint density at radius 3 is 1.95 bits per heavy atom. The number of hydrogen-bond donors (Lipinski definition) is 10. The Morgan fingerprint density at radius 2 is 1.30 bits per heavy atom. The van der Waals surface area contributed by atoms with Crippen molar-refractivity contribution in [1.29, 1.82) is 0 Å². The van der Waals surface area contributed by atoms with Gasteiger partial charge in [-0.15, -0.1) is 0 Å². The van der Waals surface area contributed by atoms with Gasteiger partial charge in [-0.25, -0.2) is 0 Å². The maximum Gasteiger partial charge on any atom is 0.229 e. The van der Waals surface area contributed by atoms with Crippen LogP contribution in [-0.4, -0.2) is 126 Å². The molecule has 10 unspecified atom stereocenters. The number of benzene rings is 2. The van der Waals surface area contributed by atoms with Gasteiger partial charge in [0.2, 0.25) is 6.29 Å². The van der Waals surface area contributed by atoms with Crippen molar-refractivity contribution in [2.45, 2.75) is 61.4 Å². The van der Waals surface area contributed by atoms with Gasteiger partial charge in [0.1, 0.15) is 60.3 Å². The lowest BCUT2D eigenvalue weighted by molar-refractivity contribution is -0.352. The van der Waals surface area contributed by atoms with Crippen LogP contribution in [0.2, 0.25) is 0 Å². The summed E-state index contributed by atoms with van der Waals surface area (Å²) >= 11 is 0. The van der Waals surface area contributed by atoms with E-state index in [0.29, 0.717) is 5.56 Å². The smallest absolute Gasteiger partial charge is 0.229 e. The van der Waals surface area contributed by atoms with E-state index >= 15 is 0 Å². The Hall–Kier alpha value is -3.02. The minimum atomic E-state index is -1.85. The average Bonchev–Trinajstić information content (AvgIpc) is 2.93. The minimum Gasteiger partial charge on any atom is -0.508 e. The Balaban J connectivity index is 1.53. The van der Waals surface area contributed by atoms with E-state index in [9.17, 15) is 51.1 Å². The van der Waals surface area contributed by atoms with Gasteiger partial charge < -0.3 is 70.0 Å². The third kappa shape index (κ3) is 6.31. The number of hydrogen-bond acceptors (Lipinski definition) is 14. The van der Waals surface area contributed by atoms with Crippen molar-refractivity contribution >= 4 is 12.2 Å². The van der Waals surface area contributed by atoms with Crippen LogP contribution in [0.1, 0.15) is 11.1 Å². The van der Waals surface area contributed by atoms with Gasteiger partial charge in [0.25, 0.3) is 0 Å². The Kier molecular flexibility index (Phi) is 9.48. The van der Waals surface area contributed by atoms with Crippen LogP contribution in [0.5, 0.6) is 23.0 Å². The Labute approximate surface area is 227 Å². The summed E-state index contributed by atoms with van der Waals surface area (Å²) < 4.78 is 22.1. The van der Waals surface area contributed by atoms with Gasteiger partial charge in [-0.1, -0.05) is 24.3 Å². The number of aromatic hydroxyl groups is 3. The van der Waals surface area contributed by atoms with Gasteiger partial charge in [-0.3, -0.25) is 0 Å². The molecule has 10 N–H and O–H groups in total. The molecule has 10 atom stereocenters. The van der Waals surface area contributed by atoms with Gasteiger partial charge in [-0.2, -0.15) is 0 Å². The van der Waals surface area contributed by atoms with Crippen LogP contribution in [0.25, 0.3) is 12.2 Å². The van der Waals surface area contributed by atoms with Gasteiger partial charge in [0.15, 0.2) is 17.8 Å². The van der Waals surface area contributed by atoms with Gasteiger partial charge in [-0.05, 0) is 23.8 Å². The number of aliphatic hydroxyl groups excluding tert-OH is 7. The molecule has 0 aromatic heterocycles. The number of aliphatic hydroxyl groups is 7. The molecule has 2 fully saturated rings. The van der Waals surface area contributed by atoms with Crippen LogP contribution in [0.4, 0.5) is 0 Å². The van der Waals surface area contributed by atoms with Crippen molar-refractivity contribution < 1.29 is 70.0 Å². The fourth-order valence-corrected chi connectivity index (χ4v) is 4.41. The molecule has 2 aliphatic rings. The fraction of sp³-hybridized carbons (Fsp3) is 0.462. The molecular formula is C26H32O14. The molecule has 2 aromatic rings. The normalized spacial score (nSPS) is 34.7. The molecule has 40 heavy (non-hydrogen) atoms. The highest BCUT2D eigenvalue weighted by Crippen LogP contribution is 2.38. The summed E-state index contributed by atoms with van der Waals surface area (Å²) in [5, 5.41) is 101. The topological polar surface area (TPSA) is 239 Å². The first kappa shape index (κ1) is 30.0. The second kappa shape index (κ2) is 12.7. The lowest BCUT2D eigenvalue weighted by Crippen LogP contribution is -2.65. The van der Waals surface area contributed by atoms with Crippen LogP contribution in [-0.2, 0) is 14.2 Å². The number of ether oxygens (including phenoxy) is 4. The van der Waals surface area contributed by atoms with Crippen molar-refractivity contribution in [2.24, 2.45) is 0 Å². The third-order valence-electron chi connectivity index (χ3n) is 6.63. The van der Waals surface area contributed by atoms with E-state index in [1.54, 1.807) is 18.2 Å². The molecule has 0 aliphatic carbocycles. The summed E-state index contributed by atoms with van der Waals surface area (Å²) in [7, 11) is 0. The molecule has 14 heteroatoms. The fourth-order valence-electron chi connectivity index (χ4n) is 4.41.